The molecule has 3 rings (SSSR count). The van der Waals surface area contributed by atoms with E-state index < -0.39 is 0 Å². The summed E-state index contributed by atoms with van der Waals surface area (Å²) in [6, 6.07) is 1.83. The van der Waals surface area contributed by atoms with Gasteiger partial charge >= 0.3 is 0 Å². The van der Waals surface area contributed by atoms with E-state index in [-0.39, 0.29) is 11.8 Å². The molecule has 24 heavy (non-hydrogen) atoms. The van der Waals surface area contributed by atoms with Crippen LogP contribution in [0.1, 0.15) is 39.3 Å². The number of hydrogen-bond donors (Lipinski definition) is 2. The minimum atomic E-state index is -0.0930. The Balaban J connectivity index is 1.46. The van der Waals surface area contributed by atoms with E-state index in [9.17, 15) is 9.59 Å². The van der Waals surface area contributed by atoms with Crippen molar-refractivity contribution >= 4 is 11.8 Å². The minimum absolute atomic E-state index is 0.0894. The number of aromatic amines is 1. The van der Waals surface area contributed by atoms with Crippen molar-refractivity contribution < 1.29 is 9.59 Å². The molecule has 1 aliphatic rings. The second-order valence-corrected chi connectivity index (χ2v) is 6.36. The monoisotopic (exact) mass is 329 g/mol. The zero-order valence-corrected chi connectivity index (χ0v) is 14.1. The van der Waals surface area contributed by atoms with Gasteiger partial charge in [-0.25, -0.2) is 0 Å². The molecular formula is C17H23N5O2. The number of aromatic nitrogens is 3. The lowest BCUT2D eigenvalue weighted by Crippen LogP contribution is -2.41. The van der Waals surface area contributed by atoms with Crippen molar-refractivity contribution in [2.45, 2.75) is 19.8 Å². The number of hydrogen-bond acceptors (Lipinski definition) is 3. The van der Waals surface area contributed by atoms with E-state index >= 15 is 0 Å². The fourth-order valence-corrected chi connectivity index (χ4v) is 3.07. The van der Waals surface area contributed by atoms with Gasteiger partial charge in [-0.1, -0.05) is 0 Å². The van der Waals surface area contributed by atoms with Crippen LogP contribution in [-0.4, -0.2) is 51.1 Å². The average molecular weight is 329 g/mol. The highest BCUT2D eigenvalue weighted by molar-refractivity contribution is 5.95. The Kier molecular flexibility index (Phi) is 4.69. The third kappa shape index (κ3) is 3.50. The van der Waals surface area contributed by atoms with Gasteiger partial charge in [0.05, 0.1) is 17.3 Å². The van der Waals surface area contributed by atoms with Crippen LogP contribution in [0.25, 0.3) is 0 Å². The number of amides is 2. The number of likely N-dealkylation sites (tertiary alicyclic amines) is 1. The van der Waals surface area contributed by atoms with Gasteiger partial charge in [-0.3, -0.25) is 14.3 Å². The SMILES string of the molecule is Cc1[nH]ccc1C(=O)N1CCC(CNC(=O)c2cnn(C)c2)CC1. The fraction of sp³-hybridized carbons (Fsp3) is 0.471. The Hall–Kier alpha value is -2.57. The summed E-state index contributed by atoms with van der Waals surface area (Å²) >= 11 is 0. The summed E-state index contributed by atoms with van der Waals surface area (Å²) in [5, 5.41) is 6.96. The third-order valence-electron chi connectivity index (χ3n) is 4.60. The number of piperidine rings is 1. The third-order valence-corrected chi connectivity index (χ3v) is 4.60. The van der Waals surface area contributed by atoms with Crippen LogP contribution in [0, 0.1) is 12.8 Å². The van der Waals surface area contributed by atoms with Gasteiger partial charge < -0.3 is 15.2 Å². The highest BCUT2D eigenvalue weighted by atomic mass is 16.2. The normalized spacial score (nSPS) is 15.5. The molecule has 3 heterocycles. The Morgan fingerprint density at radius 3 is 2.71 bits per heavy atom. The smallest absolute Gasteiger partial charge is 0.255 e. The molecule has 128 valence electrons. The molecule has 0 aromatic carbocycles. The number of carbonyl (C=O) groups excluding carboxylic acids is 2. The number of aryl methyl sites for hydroxylation is 2. The summed E-state index contributed by atoms with van der Waals surface area (Å²) in [7, 11) is 1.79. The maximum absolute atomic E-state index is 12.5. The van der Waals surface area contributed by atoms with Gasteiger partial charge in [-0.05, 0) is 31.7 Å². The summed E-state index contributed by atoms with van der Waals surface area (Å²) < 4.78 is 1.61. The highest BCUT2D eigenvalue weighted by Gasteiger charge is 2.25. The van der Waals surface area contributed by atoms with Crippen molar-refractivity contribution in [3.05, 3.63) is 41.5 Å². The van der Waals surface area contributed by atoms with Crippen LogP contribution in [0.5, 0.6) is 0 Å². The number of rotatable bonds is 4. The molecule has 7 heteroatoms. The lowest BCUT2D eigenvalue weighted by molar-refractivity contribution is 0.0683. The largest absolute Gasteiger partial charge is 0.365 e. The first-order chi connectivity index (χ1) is 11.5. The Bertz CT molecular complexity index is 725. The molecule has 1 saturated heterocycles. The van der Waals surface area contributed by atoms with E-state index in [2.05, 4.69) is 15.4 Å². The number of nitrogens with zero attached hydrogens (tertiary/aromatic N) is 3. The van der Waals surface area contributed by atoms with Gasteiger partial charge in [0.1, 0.15) is 0 Å². The second kappa shape index (κ2) is 6.90. The van der Waals surface area contributed by atoms with Crippen LogP contribution in [-0.2, 0) is 7.05 Å². The first-order valence-corrected chi connectivity index (χ1v) is 8.24. The van der Waals surface area contributed by atoms with Gasteiger partial charge in [0, 0.05) is 44.8 Å². The highest BCUT2D eigenvalue weighted by Crippen LogP contribution is 2.19. The number of H-pyrrole nitrogens is 1. The van der Waals surface area contributed by atoms with Gasteiger partial charge in [0.25, 0.3) is 11.8 Å². The van der Waals surface area contributed by atoms with Crippen molar-refractivity contribution in [2.24, 2.45) is 13.0 Å². The number of carbonyl (C=O) groups is 2. The topological polar surface area (TPSA) is 83.0 Å². The Morgan fingerprint density at radius 2 is 2.12 bits per heavy atom. The van der Waals surface area contributed by atoms with Crippen LogP contribution >= 0.6 is 0 Å². The van der Waals surface area contributed by atoms with E-state index in [4.69, 9.17) is 0 Å². The molecule has 0 spiro atoms. The van der Waals surface area contributed by atoms with E-state index in [0.717, 1.165) is 37.2 Å². The molecule has 1 fully saturated rings. The first kappa shape index (κ1) is 16.3. The summed E-state index contributed by atoms with van der Waals surface area (Å²) in [5.41, 5.74) is 2.23. The zero-order valence-electron chi connectivity index (χ0n) is 14.1. The predicted molar refractivity (Wildman–Crippen MR) is 89.7 cm³/mol. The molecule has 2 aromatic rings. The standard InChI is InChI=1S/C17H23N5O2/c1-12-15(3-6-18-12)17(24)22-7-4-13(5-8-22)9-19-16(23)14-10-20-21(2)11-14/h3,6,10-11,13,18H,4-5,7-9H2,1-2H3,(H,19,23). The van der Waals surface area contributed by atoms with E-state index in [1.807, 2.05) is 17.9 Å². The van der Waals surface area contributed by atoms with E-state index in [1.54, 1.807) is 30.3 Å². The van der Waals surface area contributed by atoms with Crippen molar-refractivity contribution in [2.75, 3.05) is 19.6 Å². The molecule has 0 aliphatic carbocycles. The van der Waals surface area contributed by atoms with Crippen molar-refractivity contribution in [1.82, 2.24) is 25.0 Å². The zero-order chi connectivity index (χ0) is 17.1. The van der Waals surface area contributed by atoms with Gasteiger partial charge in [-0.2, -0.15) is 5.10 Å². The summed E-state index contributed by atoms with van der Waals surface area (Å²) in [5.74, 6) is 0.401. The number of nitrogens with one attached hydrogen (secondary N) is 2. The maximum atomic E-state index is 12.5. The molecule has 0 atom stereocenters. The second-order valence-electron chi connectivity index (χ2n) is 6.36. The Labute approximate surface area is 141 Å². The Morgan fingerprint density at radius 1 is 1.38 bits per heavy atom. The molecule has 7 nitrogen and oxygen atoms in total. The molecule has 2 aromatic heterocycles. The van der Waals surface area contributed by atoms with Gasteiger partial charge in [0.15, 0.2) is 0 Å². The van der Waals surface area contributed by atoms with Crippen LogP contribution < -0.4 is 5.32 Å². The average Bonchev–Trinajstić information content (AvgIpc) is 3.21. The summed E-state index contributed by atoms with van der Waals surface area (Å²) in [6.07, 6.45) is 6.87. The van der Waals surface area contributed by atoms with E-state index in [1.165, 1.54) is 0 Å². The molecule has 2 N–H and O–H groups in total. The van der Waals surface area contributed by atoms with Crippen molar-refractivity contribution in [1.29, 1.82) is 0 Å². The van der Waals surface area contributed by atoms with Crippen LogP contribution in [0.3, 0.4) is 0 Å². The van der Waals surface area contributed by atoms with Crippen LogP contribution in [0.4, 0.5) is 0 Å². The van der Waals surface area contributed by atoms with Gasteiger partial charge in [0.2, 0.25) is 0 Å². The lowest BCUT2D eigenvalue weighted by Gasteiger charge is -2.32. The van der Waals surface area contributed by atoms with Crippen molar-refractivity contribution in [3.8, 4) is 0 Å². The van der Waals surface area contributed by atoms with Gasteiger partial charge in [-0.15, -0.1) is 0 Å². The summed E-state index contributed by atoms with van der Waals surface area (Å²) in [4.78, 5) is 29.4. The molecule has 0 unspecified atom stereocenters. The molecular weight excluding hydrogens is 306 g/mol. The van der Waals surface area contributed by atoms with E-state index in [0.29, 0.717) is 18.0 Å². The van der Waals surface area contributed by atoms with Crippen molar-refractivity contribution in [3.63, 3.8) is 0 Å². The molecule has 2 amide bonds. The van der Waals surface area contributed by atoms with Crippen LogP contribution in [0.15, 0.2) is 24.7 Å². The van der Waals surface area contributed by atoms with Crippen LogP contribution in [0.2, 0.25) is 0 Å². The summed E-state index contributed by atoms with van der Waals surface area (Å²) in [6.45, 7) is 4.01. The minimum Gasteiger partial charge on any atom is -0.365 e. The lowest BCUT2D eigenvalue weighted by atomic mass is 9.96. The maximum Gasteiger partial charge on any atom is 0.255 e. The molecule has 0 radical (unpaired) electrons. The molecule has 1 aliphatic heterocycles. The molecule has 0 bridgehead atoms. The predicted octanol–water partition coefficient (Wildman–Crippen LogP) is 1.34. The molecule has 0 saturated carbocycles. The first-order valence-electron chi connectivity index (χ1n) is 8.24. The quantitative estimate of drug-likeness (QED) is 0.888. The fourth-order valence-electron chi connectivity index (χ4n) is 3.07.